The van der Waals surface area contributed by atoms with E-state index in [1.54, 1.807) is 11.3 Å². The number of hydrogen-bond donors (Lipinski definition) is 1. The molecule has 0 aliphatic carbocycles. The molecular formula is C14H15N3S. The standard InChI is InChI=1S/C14H15N3S/c1-9-6-7-18-12(9)8-17-13-10(2)4-3-5-11(13)16-14(17)15/h3-7H,8H2,1-2H3,(H2,15,16). The summed E-state index contributed by atoms with van der Waals surface area (Å²) in [5.41, 5.74) is 10.7. The molecule has 0 unspecified atom stereocenters. The summed E-state index contributed by atoms with van der Waals surface area (Å²) in [4.78, 5) is 5.77. The maximum absolute atomic E-state index is 6.05. The Morgan fingerprint density at radius 3 is 2.78 bits per heavy atom. The molecule has 0 aliphatic heterocycles. The number of nitrogens with zero attached hydrogens (tertiary/aromatic N) is 2. The van der Waals surface area contributed by atoms with Crippen LogP contribution in [-0.2, 0) is 6.54 Å². The fourth-order valence-electron chi connectivity index (χ4n) is 2.25. The largest absolute Gasteiger partial charge is 0.369 e. The van der Waals surface area contributed by atoms with Gasteiger partial charge in [-0.05, 0) is 42.5 Å². The molecular weight excluding hydrogens is 242 g/mol. The Labute approximate surface area is 110 Å². The highest BCUT2D eigenvalue weighted by molar-refractivity contribution is 7.10. The first-order valence-corrected chi connectivity index (χ1v) is 6.79. The molecule has 2 heterocycles. The smallest absolute Gasteiger partial charge is 0.201 e. The Morgan fingerprint density at radius 1 is 1.22 bits per heavy atom. The number of nitrogens with two attached hydrogens (primary N) is 1. The SMILES string of the molecule is Cc1ccsc1Cn1c(N)nc2cccc(C)c21. The third-order valence-corrected chi connectivity index (χ3v) is 4.28. The van der Waals surface area contributed by atoms with Gasteiger partial charge in [0.1, 0.15) is 0 Å². The van der Waals surface area contributed by atoms with Gasteiger partial charge in [-0.3, -0.25) is 0 Å². The molecule has 3 aromatic rings. The van der Waals surface area contributed by atoms with Gasteiger partial charge in [-0.15, -0.1) is 11.3 Å². The number of para-hydroxylation sites is 1. The lowest BCUT2D eigenvalue weighted by Crippen LogP contribution is -2.04. The van der Waals surface area contributed by atoms with Crippen molar-refractivity contribution in [2.45, 2.75) is 20.4 Å². The molecule has 0 radical (unpaired) electrons. The second-order valence-corrected chi connectivity index (χ2v) is 5.53. The minimum absolute atomic E-state index is 0.590. The van der Waals surface area contributed by atoms with Gasteiger partial charge in [0.15, 0.2) is 0 Å². The zero-order valence-corrected chi connectivity index (χ0v) is 11.3. The van der Waals surface area contributed by atoms with E-state index in [1.165, 1.54) is 16.0 Å². The van der Waals surface area contributed by atoms with E-state index >= 15 is 0 Å². The molecule has 0 saturated carbocycles. The normalized spacial score (nSPS) is 11.2. The fourth-order valence-corrected chi connectivity index (χ4v) is 3.15. The highest BCUT2D eigenvalue weighted by atomic mass is 32.1. The molecule has 3 nitrogen and oxygen atoms in total. The highest BCUT2D eigenvalue weighted by Gasteiger charge is 2.11. The monoisotopic (exact) mass is 257 g/mol. The van der Waals surface area contributed by atoms with E-state index < -0.39 is 0 Å². The van der Waals surface area contributed by atoms with Crippen LogP contribution < -0.4 is 5.73 Å². The summed E-state index contributed by atoms with van der Waals surface area (Å²) < 4.78 is 2.10. The first kappa shape index (κ1) is 11.3. The van der Waals surface area contributed by atoms with Crippen LogP contribution in [0.1, 0.15) is 16.0 Å². The van der Waals surface area contributed by atoms with Crippen molar-refractivity contribution < 1.29 is 0 Å². The molecule has 0 atom stereocenters. The fraction of sp³-hybridized carbons (Fsp3) is 0.214. The maximum Gasteiger partial charge on any atom is 0.201 e. The number of rotatable bonds is 2. The quantitative estimate of drug-likeness (QED) is 0.765. The number of thiophene rings is 1. The lowest BCUT2D eigenvalue weighted by molar-refractivity contribution is 0.845. The molecule has 0 aliphatic rings. The van der Waals surface area contributed by atoms with Crippen molar-refractivity contribution in [3.8, 4) is 0 Å². The molecule has 3 rings (SSSR count). The van der Waals surface area contributed by atoms with E-state index in [9.17, 15) is 0 Å². The number of benzene rings is 1. The lowest BCUT2D eigenvalue weighted by atomic mass is 10.2. The molecule has 0 spiro atoms. The first-order chi connectivity index (χ1) is 8.66. The number of nitrogen functional groups attached to an aromatic ring is 1. The van der Waals surface area contributed by atoms with Gasteiger partial charge < -0.3 is 10.3 Å². The van der Waals surface area contributed by atoms with E-state index in [0.717, 1.165) is 17.6 Å². The van der Waals surface area contributed by atoms with Gasteiger partial charge in [0.2, 0.25) is 5.95 Å². The van der Waals surface area contributed by atoms with Crippen LogP contribution in [0.3, 0.4) is 0 Å². The molecule has 1 aromatic carbocycles. The zero-order valence-electron chi connectivity index (χ0n) is 10.5. The number of imidazole rings is 1. The van der Waals surface area contributed by atoms with Gasteiger partial charge in [0.05, 0.1) is 17.6 Å². The topological polar surface area (TPSA) is 43.8 Å². The highest BCUT2D eigenvalue weighted by Crippen LogP contribution is 2.25. The molecule has 92 valence electrons. The predicted molar refractivity (Wildman–Crippen MR) is 77.0 cm³/mol. The molecule has 2 N–H and O–H groups in total. The maximum atomic E-state index is 6.05. The average Bonchev–Trinajstić information content (AvgIpc) is 2.86. The van der Waals surface area contributed by atoms with E-state index in [4.69, 9.17) is 5.73 Å². The van der Waals surface area contributed by atoms with Gasteiger partial charge in [-0.25, -0.2) is 4.98 Å². The lowest BCUT2D eigenvalue weighted by Gasteiger charge is -2.07. The summed E-state index contributed by atoms with van der Waals surface area (Å²) in [6, 6.07) is 8.27. The number of hydrogen-bond acceptors (Lipinski definition) is 3. The molecule has 18 heavy (non-hydrogen) atoms. The Balaban J connectivity index is 2.17. The summed E-state index contributed by atoms with van der Waals surface area (Å²) in [7, 11) is 0. The minimum atomic E-state index is 0.590. The number of aryl methyl sites for hydroxylation is 2. The first-order valence-electron chi connectivity index (χ1n) is 5.91. The number of aromatic nitrogens is 2. The Kier molecular flexibility index (Phi) is 2.59. The van der Waals surface area contributed by atoms with Gasteiger partial charge >= 0.3 is 0 Å². The van der Waals surface area contributed by atoms with Crippen LogP contribution in [0.4, 0.5) is 5.95 Å². The predicted octanol–water partition coefficient (Wildman–Crippen LogP) is 3.35. The minimum Gasteiger partial charge on any atom is -0.369 e. The van der Waals surface area contributed by atoms with Gasteiger partial charge in [-0.1, -0.05) is 12.1 Å². The molecule has 0 bridgehead atoms. The molecule has 2 aromatic heterocycles. The van der Waals surface area contributed by atoms with Gasteiger partial charge in [-0.2, -0.15) is 0 Å². The summed E-state index contributed by atoms with van der Waals surface area (Å²) in [5, 5.41) is 2.12. The second kappa shape index (κ2) is 4.14. The van der Waals surface area contributed by atoms with E-state index in [0.29, 0.717) is 5.95 Å². The van der Waals surface area contributed by atoms with Gasteiger partial charge in [0.25, 0.3) is 0 Å². The van der Waals surface area contributed by atoms with Crippen molar-refractivity contribution in [1.29, 1.82) is 0 Å². The average molecular weight is 257 g/mol. The van der Waals surface area contributed by atoms with Crippen LogP contribution in [0.25, 0.3) is 11.0 Å². The van der Waals surface area contributed by atoms with Crippen LogP contribution in [-0.4, -0.2) is 9.55 Å². The van der Waals surface area contributed by atoms with E-state index in [2.05, 4.69) is 40.9 Å². The summed E-state index contributed by atoms with van der Waals surface area (Å²) >= 11 is 1.77. The Morgan fingerprint density at radius 2 is 2.06 bits per heavy atom. The van der Waals surface area contributed by atoms with Crippen molar-refractivity contribution in [3.05, 3.63) is 45.6 Å². The van der Waals surface area contributed by atoms with Crippen molar-refractivity contribution in [3.63, 3.8) is 0 Å². The van der Waals surface area contributed by atoms with E-state index in [1.807, 2.05) is 12.1 Å². The van der Waals surface area contributed by atoms with Crippen molar-refractivity contribution >= 4 is 28.3 Å². The van der Waals surface area contributed by atoms with Crippen LogP contribution in [0.2, 0.25) is 0 Å². The molecule has 0 saturated heterocycles. The second-order valence-electron chi connectivity index (χ2n) is 4.53. The molecule has 0 amide bonds. The zero-order chi connectivity index (χ0) is 12.7. The van der Waals surface area contributed by atoms with Crippen LogP contribution in [0.5, 0.6) is 0 Å². The number of fused-ring (bicyclic) bond motifs is 1. The molecule has 4 heteroatoms. The third kappa shape index (κ3) is 1.69. The summed E-state index contributed by atoms with van der Waals surface area (Å²) in [6.45, 7) is 5.03. The van der Waals surface area contributed by atoms with Crippen molar-refractivity contribution in [2.75, 3.05) is 5.73 Å². The Bertz CT molecular complexity index is 709. The number of anilines is 1. The van der Waals surface area contributed by atoms with E-state index in [-0.39, 0.29) is 0 Å². The van der Waals surface area contributed by atoms with Crippen molar-refractivity contribution in [2.24, 2.45) is 0 Å². The van der Waals surface area contributed by atoms with Crippen molar-refractivity contribution in [1.82, 2.24) is 9.55 Å². The van der Waals surface area contributed by atoms with Crippen LogP contribution >= 0.6 is 11.3 Å². The summed E-state index contributed by atoms with van der Waals surface area (Å²) in [6.07, 6.45) is 0. The third-order valence-electron chi connectivity index (χ3n) is 3.27. The van der Waals surface area contributed by atoms with Crippen LogP contribution in [0.15, 0.2) is 29.6 Å². The molecule has 0 fully saturated rings. The van der Waals surface area contributed by atoms with Gasteiger partial charge in [0, 0.05) is 4.88 Å². The Hall–Kier alpha value is -1.81. The summed E-state index contributed by atoms with van der Waals surface area (Å²) in [5.74, 6) is 0.590. The van der Waals surface area contributed by atoms with Crippen LogP contribution in [0, 0.1) is 13.8 Å².